The maximum Gasteiger partial charge on any atom is 0.416 e. The molecule has 0 aliphatic heterocycles. The molecule has 3 heterocycles. The van der Waals surface area contributed by atoms with Crippen molar-refractivity contribution in [3.8, 4) is 0 Å². The van der Waals surface area contributed by atoms with Crippen LogP contribution >= 0.6 is 22.7 Å². The molecule has 3 aromatic heterocycles. The molecule has 0 saturated heterocycles. The van der Waals surface area contributed by atoms with Crippen molar-refractivity contribution in [1.82, 2.24) is 20.7 Å². The monoisotopic (exact) mass is 519 g/mol. The van der Waals surface area contributed by atoms with Gasteiger partial charge in [0.05, 0.1) is 6.54 Å². The summed E-state index contributed by atoms with van der Waals surface area (Å²) in [5.41, 5.74) is 0.392. The Morgan fingerprint density at radius 3 is 2.40 bits per heavy atom. The first kappa shape index (κ1) is 26.8. The first-order valence-electron chi connectivity index (χ1n) is 11.4. The predicted molar refractivity (Wildman–Crippen MR) is 139 cm³/mol. The van der Waals surface area contributed by atoms with E-state index in [1.165, 1.54) is 16.2 Å². The number of fused-ring (bicyclic) bond motifs is 1. The van der Waals surface area contributed by atoms with Gasteiger partial charge in [-0.2, -0.15) is 0 Å². The Labute approximate surface area is 213 Å². The zero-order valence-electron chi connectivity index (χ0n) is 21.5. The van der Waals surface area contributed by atoms with Crippen molar-refractivity contribution in [3.05, 3.63) is 32.8 Å². The zero-order valence-corrected chi connectivity index (χ0v) is 23.1. The topological polar surface area (TPSA) is 107 Å². The molecule has 1 atom stereocenters. The van der Waals surface area contributed by atoms with Gasteiger partial charge in [0.15, 0.2) is 5.82 Å². The van der Waals surface area contributed by atoms with E-state index in [1.54, 1.807) is 11.3 Å². The van der Waals surface area contributed by atoms with Crippen LogP contribution in [-0.4, -0.2) is 44.8 Å². The van der Waals surface area contributed by atoms with Crippen molar-refractivity contribution >= 4 is 50.9 Å². The fraction of sp³-hybridized carbons (Fsp3) is 0.542. The van der Waals surface area contributed by atoms with E-state index in [0.29, 0.717) is 24.3 Å². The number of ether oxygens (including phenoxy) is 2. The molecule has 2 amide bonds. The number of nitrogens with one attached hydrogen (secondary N) is 1. The SMILES string of the molecule is Cc1c(C[C@H](C)NC(=O)OC(C)(C)C)sc2c(N(Cc3cccs3)C(=O)OC(C)(C)C)nnnc12. The average molecular weight is 520 g/mol. The van der Waals surface area contributed by atoms with Gasteiger partial charge < -0.3 is 14.8 Å². The van der Waals surface area contributed by atoms with Crippen LogP contribution in [0.3, 0.4) is 0 Å². The second kappa shape index (κ2) is 10.4. The van der Waals surface area contributed by atoms with Gasteiger partial charge in [-0.3, -0.25) is 4.90 Å². The third-order valence-electron chi connectivity index (χ3n) is 4.72. The van der Waals surface area contributed by atoms with Gasteiger partial charge in [-0.15, -0.1) is 32.9 Å². The first-order valence-corrected chi connectivity index (χ1v) is 13.1. The van der Waals surface area contributed by atoms with E-state index in [9.17, 15) is 9.59 Å². The van der Waals surface area contributed by atoms with Gasteiger partial charge in [-0.05, 0) is 77.6 Å². The molecule has 35 heavy (non-hydrogen) atoms. The van der Waals surface area contributed by atoms with Gasteiger partial charge in [-0.1, -0.05) is 6.07 Å². The van der Waals surface area contributed by atoms with Crippen LogP contribution in [0.15, 0.2) is 17.5 Å². The number of aryl methyl sites for hydroxylation is 1. The third-order valence-corrected chi connectivity index (χ3v) is 6.88. The average Bonchev–Trinajstić information content (AvgIpc) is 3.31. The van der Waals surface area contributed by atoms with Gasteiger partial charge in [0.25, 0.3) is 0 Å². The fourth-order valence-electron chi connectivity index (χ4n) is 3.29. The standard InChI is InChI=1S/C24H33N5O4S2/c1-14(25-21(30)32-23(3,4)5)12-17-15(2)18-19(35-17)20(27-28-26-18)29(13-16-10-9-11-34-16)22(31)33-24(6,7)8/h9-11,14H,12-13H2,1-8H3,(H,25,30)/t14-/m0/s1. The number of anilines is 1. The van der Waals surface area contributed by atoms with E-state index in [4.69, 9.17) is 9.47 Å². The lowest BCUT2D eigenvalue weighted by Crippen LogP contribution is -2.38. The summed E-state index contributed by atoms with van der Waals surface area (Å²) in [4.78, 5) is 28.9. The maximum absolute atomic E-state index is 13.2. The number of hydrogen-bond donors (Lipinski definition) is 1. The van der Waals surface area contributed by atoms with E-state index in [2.05, 4.69) is 20.7 Å². The molecule has 0 aromatic carbocycles. The summed E-state index contributed by atoms with van der Waals surface area (Å²) in [6.45, 7) is 15.2. The molecule has 0 bridgehead atoms. The van der Waals surface area contributed by atoms with Crippen LogP contribution in [0.1, 0.15) is 63.8 Å². The normalized spacial score (nSPS) is 12.9. The van der Waals surface area contributed by atoms with Crippen LogP contribution in [0, 0.1) is 6.92 Å². The second-order valence-corrected chi connectivity index (χ2v) is 12.5. The number of alkyl carbamates (subject to hydrolysis) is 1. The van der Waals surface area contributed by atoms with Crippen LogP contribution in [-0.2, 0) is 22.4 Å². The number of carbonyl (C=O) groups excluding carboxylic acids is 2. The predicted octanol–water partition coefficient (Wildman–Crippen LogP) is 5.85. The summed E-state index contributed by atoms with van der Waals surface area (Å²) >= 11 is 3.04. The van der Waals surface area contributed by atoms with Crippen molar-refractivity contribution in [2.24, 2.45) is 0 Å². The lowest BCUT2D eigenvalue weighted by molar-refractivity contribution is 0.0507. The fourth-order valence-corrected chi connectivity index (χ4v) is 5.34. The third kappa shape index (κ3) is 7.35. The minimum atomic E-state index is -0.663. The second-order valence-electron chi connectivity index (χ2n) is 10.3. The minimum Gasteiger partial charge on any atom is -0.444 e. The smallest absolute Gasteiger partial charge is 0.416 e. The van der Waals surface area contributed by atoms with E-state index < -0.39 is 23.4 Å². The summed E-state index contributed by atoms with van der Waals surface area (Å²) in [7, 11) is 0. The lowest BCUT2D eigenvalue weighted by Gasteiger charge is -2.26. The Bertz CT molecular complexity index is 1180. The van der Waals surface area contributed by atoms with E-state index >= 15 is 0 Å². The number of rotatable bonds is 6. The number of nitrogens with zero attached hydrogens (tertiary/aromatic N) is 4. The molecule has 3 rings (SSSR count). The summed E-state index contributed by atoms with van der Waals surface area (Å²) in [5, 5.41) is 17.3. The van der Waals surface area contributed by atoms with Crippen LogP contribution in [0.5, 0.6) is 0 Å². The molecule has 0 fully saturated rings. The Morgan fingerprint density at radius 1 is 1.11 bits per heavy atom. The summed E-state index contributed by atoms with van der Waals surface area (Å²) in [6, 6.07) is 3.73. The summed E-state index contributed by atoms with van der Waals surface area (Å²) in [6.07, 6.45) is -0.388. The number of hydrogen-bond acceptors (Lipinski definition) is 9. The molecular weight excluding hydrogens is 486 g/mol. The first-order chi connectivity index (χ1) is 16.2. The molecule has 190 valence electrons. The Morgan fingerprint density at radius 2 is 1.80 bits per heavy atom. The highest BCUT2D eigenvalue weighted by Crippen LogP contribution is 2.36. The van der Waals surface area contributed by atoms with E-state index in [1.807, 2.05) is 72.9 Å². The highest BCUT2D eigenvalue weighted by atomic mass is 32.1. The minimum absolute atomic E-state index is 0.172. The van der Waals surface area contributed by atoms with Crippen LogP contribution in [0.4, 0.5) is 15.4 Å². The van der Waals surface area contributed by atoms with Crippen molar-refractivity contribution in [1.29, 1.82) is 0 Å². The Hall–Kier alpha value is -2.79. The van der Waals surface area contributed by atoms with Crippen LogP contribution in [0.2, 0.25) is 0 Å². The molecule has 0 aliphatic carbocycles. The molecule has 0 unspecified atom stereocenters. The maximum atomic E-state index is 13.2. The highest BCUT2D eigenvalue weighted by Gasteiger charge is 2.29. The van der Waals surface area contributed by atoms with Gasteiger partial charge in [0.2, 0.25) is 0 Å². The lowest BCUT2D eigenvalue weighted by atomic mass is 10.1. The zero-order chi connectivity index (χ0) is 26.0. The van der Waals surface area contributed by atoms with Crippen molar-refractivity contribution in [3.63, 3.8) is 0 Å². The Balaban J connectivity index is 1.92. The molecule has 0 radical (unpaired) electrons. The largest absolute Gasteiger partial charge is 0.444 e. The van der Waals surface area contributed by atoms with Gasteiger partial charge in [0, 0.05) is 22.2 Å². The number of thiophene rings is 2. The van der Waals surface area contributed by atoms with Crippen molar-refractivity contribution < 1.29 is 19.1 Å². The molecule has 0 spiro atoms. The summed E-state index contributed by atoms with van der Waals surface area (Å²) in [5.74, 6) is 0.407. The van der Waals surface area contributed by atoms with Gasteiger partial charge in [-0.25, -0.2) is 9.59 Å². The number of carbonyl (C=O) groups is 2. The molecule has 3 aromatic rings. The molecule has 1 N–H and O–H groups in total. The number of amides is 2. The summed E-state index contributed by atoms with van der Waals surface area (Å²) < 4.78 is 11.8. The van der Waals surface area contributed by atoms with Crippen molar-refractivity contribution in [2.45, 2.75) is 85.6 Å². The van der Waals surface area contributed by atoms with Crippen LogP contribution in [0.25, 0.3) is 10.2 Å². The molecule has 0 aliphatic rings. The number of aromatic nitrogens is 3. The quantitative estimate of drug-likeness (QED) is 0.435. The van der Waals surface area contributed by atoms with Gasteiger partial charge >= 0.3 is 12.2 Å². The highest BCUT2D eigenvalue weighted by molar-refractivity contribution is 7.19. The molecule has 9 nitrogen and oxygen atoms in total. The van der Waals surface area contributed by atoms with Gasteiger partial charge in [0.1, 0.15) is 21.4 Å². The van der Waals surface area contributed by atoms with Crippen LogP contribution < -0.4 is 10.2 Å². The van der Waals surface area contributed by atoms with E-state index in [-0.39, 0.29) is 6.04 Å². The molecular formula is C24H33N5O4S2. The van der Waals surface area contributed by atoms with E-state index in [0.717, 1.165) is 20.0 Å². The Kier molecular flexibility index (Phi) is 8.00. The molecule has 11 heteroatoms. The molecule has 0 saturated carbocycles. The van der Waals surface area contributed by atoms with Crippen molar-refractivity contribution in [2.75, 3.05) is 4.90 Å².